The summed E-state index contributed by atoms with van der Waals surface area (Å²) in [7, 11) is 1.63. The summed E-state index contributed by atoms with van der Waals surface area (Å²) in [5.74, 6) is 0.789. The molecular formula is C32H32O5. The lowest BCUT2D eigenvalue weighted by Gasteiger charge is -2.27. The molecule has 0 bridgehead atoms. The van der Waals surface area contributed by atoms with Crippen molar-refractivity contribution < 1.29 is 24.5 Å². The molecule has 4 aromatic rings. The van der Waals surface area contributed by atoms with E-state index < -0.39 is 11.4 Å². The molecule has 4 aromatic carbocycles. The first kappa shape index (κ1) is 25.8. The molecule has 0 saturated heterocycles. The van der Waals surface area contributed by atoms with Crippen LogP contribution in [0.5, 0.6) is 23.0 Å². The van der Waals surface area contributed by atoms with E-state index >= 15 is 0 Å². The molecule has 0 spiro atoms. The number of phenolic OH excluding ortho intramolecular Hbond substituents is 1. The van der Waals surface area contributed by atoms with Gasteiger partial charge in [0.15, 0.2) is 0 Å². The quantitative estimate of drug-likeness (QED) is 0.263. The fourth-order valence-electron chi connectivity index (χ4n) is 4.46. The normalized spacial score (nSPS) is 11.7. The van der Waals surface area contributed by atoms with Gasteiger partial charge in [-0.15, -0.1) is 0 Å². The van der Waals surface area contributed by atoms with Crippen LogP contribution in [0.25, 0.3) is 0 Å². The standard InChI is InChI=1S/C32H32O5/c1-31(2,21-6-13-25(33)14-7-21)22-10-17-27(18-11-22)37-29-19-12-24(20-28(29)30(34)35)32(3,4)23-8-15-26(36-5)16-9-23/h6-20,33H,1-5H3,(H,34,35). The number of carbonyl (C=O) groups is 1. The number of aromatic carboxylic acids is 1. The maximum Gasteiger partial charge on any atom is 0.339 e. The fraction of sp³-hybridized carbons (Fsp3) is 0.219. The summed E-state index contributed by atoms with van der Waals surface area (Å²) in [6.07, 6.45) is 0. The minimum atomic E-state index is -1.05. The van der Waals surface area contributed by atoms with Crippen LogP contribution in [0.15, 0.2) is 91.0 Å². The molecule has 5 heteroatoms. The molecule has 0 radical (unpaired) electrons. The number of ether oxygens (including phenoxy) is 2. The molecule has 0 aromatic heterocycles. The predicted octanol–water partition coefficient (Wildman–Crippen LogP) is 7.54. The smallest absolute Gasteiger partial charge is 0.339 e. The summed E-state index contributed by atoms with van der Waals surface area (Å²) in [5.41, 5.74) is 3.46. The van der Waals surface area contributed by atoms with Gasteiger partial charge in [-0.25, -0.2) is 4.79 Å². The second-order valence-corrected chi connectivity index (χ2v) is 10.2. The molecule has 0 saturated carbocycles. The van der Waals surface area contributed by atoms with Crippen LogP contribution >= 0.6 is 0 Å². The largest absolute Gasteiger partial charge is 0.508 e. The summed E-state index contributed by atoms with van der Waals surface area (Å²) in [6.45, 7) is 8.35. The molecule has 37 heavy (non-hydrogen) atoms. The lowest BCUT2D eigenvalue weighted by molar-refractivity contribution is 0.0694. The fourth-order valence-corrected chi connectivity index (χ4v) is 4.46. The summed E-state index contributed by atoms with van der Waals surface area (Å²) >= 11 is 0. The number of hydrogen-bond acceptors (Lipinski definition) is 4. The molecule has 0 aliphatic rings. The van der Waals surface area contributed by atoms with Gasteiger partial charge in [0.25, 0.3) is 0 Å². The highest BCUT2D eigenvalue weighted by Crippen LogP contribution is 2.37. The van der Waals surface area contributed by atoms with Crippen molar-refractivity contribution in [2.24, 2.45) is 0 Å². The molecule has 2 N–H and O–H groups in total. The Balaban J connectivity index is 1.59. The zero-order valence-electron chi connectivity index (χ0n) is 21.8. The van der Waals surface area contributed by atoms with Gasteiger partial charge in [-0.2, -0.15) is 0 Å². The molecule has 0 amide bonds. The molecule has 5 nitrogen and oxygen atoms in total. The molecule has 0 heterocycles. The van der Waals surface area contributed by atoms with E-state index in [2.05, 4.69) is 27.7 Å². The SMILES string of the molecule is COc1ccc(C(C)(C)c2ccc(Oc3ccc(C(C)(C)c4ccc(O)cc4)cc3)c(C(=O)O)c2)cc1. The Hall–Kier alpha value is -4.25. The van der Waals surface area contributed by atoms with Gasteiger partial charge in [-0.05, 0) is 70.8 Å². The van der Waals surface area contributed by atoms with Crippen molar-refractivity contribution in [1.29, 1.82) is 0 Å². The van der Waals surface area contributed by atoms with Crippen LogP contribution in [0, 0.1) is 0 Å². The van der Waals surface area contributed by atoms with E-state index in [4.69, 9.17) is 9.47 Å². The molecule has 0 atom stereocenters. The van der Waals surface area contributed by atoms with Crippen molar-refractivity contribution in [1.82, 2.24) is 0 Å². The van der Waals surface area contributed by atoms with Gasteiger partial charge in [-0.1, -0.05) is 70.2 Å². The van der Waals surface area contributed by atoms with E-state index in [1.54, 1.807) is 31.4 Å². The minimum absolute atomic E-state index is 0.104. The summed E-state index contributed by atoms with van der Waals surface area (Å²) in [5, 5.41) is 19.6. The maximum absolute atomic E-state index is 12.2. The third kappa shape index (κ3) is 5.31. The highest BCUT2D eigenvalue weighted by molar-refractivity contribution is 5.91. The minimum Gasteiger partial charge on any atom is -0.508 e. The molecule has 0 unspecified atom stereocenters. The monoisotopic (exact) mass is 496 g/mol. The van der Waals surface area contributed by atoms with E-state index in [0.29, 0.717) is 5.75 Å². The van der Waals surface area contributed by atoms with Crippen LogP contribution in [0.3, 0.4) is 0 Å². The zero-order valence-corrected chi connectivity index (χ0v) is 21.8. The van der Waals surface area contributed by atoms with Gasteiger partial charge >= 0.3 is 5.97 Å². The van der Waals surface area contributed by atoms with Crippen LogP contribution in [0.1, 0.15) is 60.3 Å². The lowest BCUT2D eigenvalue weighted by atomic mass is 9.77. The van der Waals surface area contributed by atoms with Crippen molar-refractivity contribution in [2.75, 3.05) is 7.11 Å². The third-order valence-electron chi connectivity index (χ3n) is 7.14. The van der Waals surface area contributed by atoms with Crippen molar-refractivity contribution >= 4 is 5.97 Å². The molecule has 4 rings (SSSR count). The predicted molar refractivity (Wildman–Crippen MR) is 145 cm³/mol. The molecular weight excluding hydrogens is 464 g/mol. The highest BCUT2D eigenvalue weighted by atomic mass is 16.5. The van der Waals surface area contributed by atoms with Crippen molar-refractivity contribution in [3.63, 3.8) is 0 Å². The number of methoxy groups -OCH3 is 1. The van der Waals surface area contributed by atoms with Crippen LogP contribution in [0.2, 0.25) is 0 Å². The van der Waals surface area contributed by atoms with Gasteiger partial charge in [0.1, 0.15) is 28.6 Å². The third-order valence-corrected chi connectivity index (χ3v) is 7.14. The summed E-state index contributed by atoms with van der Waals surface area (Å²) in [4.78, 5) is 12.2. The molecule has 0 fully saturated rings. The van der Waals surface area contributed by atoms with Crippen LogP contribution in [0.4, 0.5) is 0 Å². The number of carboxylic acid groups (broad SMARTS) is 1. The Morgan fingerprint density at radius 3 is 1.57 bits per heavy atom. The average molecular weight is 497 g/mol. The maximum atomic E-state index is 12.2. The highest BCUT2D eigenvalue weighted by Gasteiger charge is 2.26. The second kappa shape index (κ2) is 10.0. The number of hydrogen-bond donors (Lipinski definition) is 2. The topological polar surface area (TPSA) is 76.0 Å². The van der Waals surface area contributed by atoms with E-state index in [1.807, 2.05) is 66.7 Å². The van der Waals surface area contributed by atoms with E-state index in [1.165, 1.54) is 0 Å². The first-order chi connectivity index (χ1) is 17.5. The molecule has 0 aliphatic carbocycles. The van der Waals surface area contributed by atoms with E-state index in [9.17, 15) is 15.0 Å². The average Bonchev–Trinajstić information content (AvgIpc) is 2.89. The number of carboxylic acids is 1. The second-order valence-electron chi connectivity index (χ2n) is 10.2. The first-order valence-corrected chi connectivity index (χ1v) is 12.1. The Morgan fingerprint density at radius 1 is 0.649 bits per heavy atom. The van der Waals surface area contributed by atoms with Crippen LogP contribution < -0.4 is 9.47 Å². The van der Waals surface area contributed by atoms with Gasteiger partial charge < -0.3 is 19.7 Å². The molecule has 190 valence electrons. The number of rotatable bonds is 8. The lowest BCUT2D eigenvalue weighted by Crippen LogP contribution is -2.19. The van der Waals surface area contributed by atoms with Gasteiger partial charge in [0.05, 0.1) is 7.11 Å². The number of benzene rings is 4. The van der Waals surface area contributed by atoms with Gasteiger partial charge in [-0.3, -0.25) is 0 Å². The first-order valence-electron chi connectivity index (χ1n) is 12.1. The van der Waals surface area contributed by atoms with E-state index in [-0.39, 0.29) is 22.5 Å². The van der Waals surface area contributed by atoms with Crippen molar-refractivity contribution in [2.45, 2.75) is 38.5 Å². The van der Waals surface area contributed by atoms with Gasteiger partial charge in [0.2, 0.25) is 0 Å². The Kier molecular flexibility index (Phi) is 6.99. The number of aromatic hydroxyl groups is 1. The van der Waals surface area contributed by atoms with Crippen molar-refractivity contribution in [3.05, 3.63) is 119 Å². The summed E-state index contributed by atoms with van der Waals surface area (Å²) in [6, 6.07) is 27.9. The van der Waals surface area contributed by atoms with Gasteiger partial charge in [0, 0.05) is 10.8 Å². The molecule has 0 aliphatic heterocycles. The van der Waals surface area contributed by atoms with Crippen LogP contribution in [-0.2, 0) is 10.8 Å². The van der Waals surface area contributed by atoms with Crippen LogP contribution in [-0.4, -0.2) is 23.3 Å². The zero-order chi connectivity index (χ0) is 26.8. The van der Waals surface area contributed by atoms with Crippen molar-refractivity contribution in [3.8, 4) is 23.0 Å². The Labute approximate surface area is 217 Å². The Bertz CT molecular complexity index is 1380. The Morgan fingerprint density at radius 2 is 1.08 bits per heavy atom. The number of phenols is 1. The van der Waals surface area contributed by atoms with E-state index in [0.717, 1.165) is 28.0 Å². The summed E-state index contributed by atoms with van der Waals surface area (Å²) < 4.78 is 11.3.